The summed E-state index contributed by atoms with van der Waals surface area (Å²) in [5.74, 6) is 1.38. The zero-order valence-corrected chi connectivity index (χ0v) is 20.2. The smallest absolute Gasteiger partial charge is 0.272 e. The Morgan fingerprint density at radius 3 is 3.03 bits per heavy atom. The molecule has 9 nitrogen and oxygen atoms in total. The van der Waals surface area contributed by atoms with Crippen molar-refractivity contribution in [2.75, 3.05) is 30.4 Å². The molecule has 1 fully saturated rings. The lowest BCUT2D eigenvalue weighted by molar-refractivity contribution is -0.116. The van der Waals surface area contributed by atoms with E-state index in [1.165, 1.54) is 23.1 Å². The second-order valence-electron chi connectivity index (χ2n) is 8.46. The van der Waals surface area contributed by atoms with Crippen LogP contribution in [0, 0.1) is 6.92 Å². The number of ether oxygens (including phenoxy) is 2. The van der Waals surface area contributed by atoms with E-state index in [9.17, 15) is 9.59 Å². The van der Waals surface area contributed by atoms with Gasteiger partial charge in [-0.25, -0.2) is 0 Å². The fourth-order valence-electron chi connectivity index (χ4n) is 4.54. The van der Waals surface area contributed by atoms with Crippen LogP contribution in [0.15, 0.2) is 39.6 Å². The zero-order chi connectivity index (χ0) is 23.2. The van der Waals surface area contributed by atoms with Gasteiger partial charge in [0.05, 0.1) is 36.2 Å². The highest BCUT2D eigenvalue weighted by atomic mass is 32.2. The number of benzene rings is 1. The van der Waals surface area contributed by atoms with Crippen molar-refractivity contribution in [3.63, 3.8) is 0 Å². The number of carbonyl (C=O) groups is 1. The average molecular weight is 498 g/mol. The van der Waals surface area contributed by atoms with Crippen LogP contribution < -0.4 is 15.2 Å². The summed E-state index contributed by atoms with van der Waals surface area (Å²) in [6.45, 7) is 4.13. The third-order valence-electron chi connectivity index (χ3n) is 6.20. The molecule has 1 aromatic carbocycles. The molecule has 0 spiro atoms. The maximum absolute atomic E-state index is 13.2. The quantitative estimate of drug-likeness (QED) is 0.391. The van der Waals surface area contributed by atoms with Crippen LogP contribution in [0.5, 0.6) is 5.75 Å². The molecule has 0 unspecified atom stereocenters. The SMILES string of the molecule is Cc1ccc2c(c1)N(C(=O)CSc1nnc3n(C[C@H]4CCCO4)c(=O)c4sccc4n13)CCO2. The Morgan fingerprint density at radius 1 is 1.26 bits per heavy atom. The second-order valence-corrected chi connectivity index (χ2v) is 10.3. The van der Waals surface area contributed by atoms with E-state index in [0.29, 0.717) is 35.3 Å². The van der Waals surface area contributed by atoms with Crippen LogP contribution in [-0.2, 0) is 16.1 Å². The monoisotopic (exact) mass is 497 g/mol. The number of carbonyl (C=O) groups excluding carboxylic acids is 1. The molecule has 5 heterocycles. The number of aryl methyl sites for hydroxylation is 1. The van der Waals surface area contributed by atoms with Gasteiger partial charge in [-0.05, 0) is 48.9 Å². The molecule has 0 bridgehead atoms. The molecule has 0 aliphatic carbocycles. The Kier molecular flexibility index (Phi) is 5.54. The number of amides is 1. The highest BCUT2D eigenvalue weighted by molar-refractivity contribution is 7.99. The van der Waals surface area contributed by atoms with Gasteiger partial charge < -0.3 is 14.4 Å². The lowest BCUT2D eigenvalue weighted by Gasteiger charge is -2.29. The normalized spacial score (nSPS) is 17.9. The maximum atomic E-state index is 13.2. The van der Waals surface area contributed by atoms with Crippen LogP contribution in [-0.4, -0.2) is 56.7 Å². The number of anilines is 1. The van der Waals surface area contributed by atoms with E-state index in [0.717, 1.165) is 42.0 Å². The lowest BCUT2D eigenvalue weighted by Crippen LogP contribution is -2.39. The Bertz CT molecular complexity index is 1450. The number of thiophene rings is 1. The highest BCUT2D eigenvalue weighted by Crippen LogP contribution is 2.33. The number of rotatable bonds is 5. The number of hydrogen-bond donors (Lipinski definition) is 0. The summed E-state index contributed by atoms with van der Waals surface area (Å²) >= 11 is 2.73. The Labute approximate surface area is 203 Å². The number of fused-ring (bicyclic) bond motifs is 4. The van der Waals surface area contributed by atoms with E-state index in [-0.39, 0.29) is 23.3 Å². The number of hydrogen-bond acceptors (Lipinski definition) is 8. The fraction of sp³-hybridized carbons (Fsp3) is 0.391. The highest BCUT2D eigenvalue weighted by Gasteiger charge is 2.26. The lowest BCUT2D eigenvalue weighted by atomic mass is 10.1. The first kappa shape index (κ1) is 21.6. The van der Waals surface area contributed by atoms with E-state index in [1.807, 2.05) is 41.0 Å². The van der Waals surface area contributed by atoms with E-state index < -0.39 is 0 Å². The van der Waals surface area contributed by atoms with Crippen LogP contribution in [0.3, 0.4) is 0 Å². The van der Waals surface area contributed by atoms with Crippen molar-refractivity contribution in [3.05, 3.63) is 45.6 Å². The molecular weight excluding hydrogens is 474 g/mol. The summed E-state index contributed by atoms with van der Waals surface area (Å²) in [6, 6.07) is 7.76. The topological polar surface area (TPSA) is 91.0 Å². The van der Waals surface area contributed by atoms with Gasteiger partial charge >= 0.3 is 0 Å². The minimum atomic E-state index is -0.0756. The van der Waals surface area contributed by atoms with E-state index in [1.54, 1.807) is 9.47 Å². The van der Waals surface area contributed by atoms with Gasteiger partial charge in [-0.15, -0.1) is 21.5 Å². The van der Waals surface area contributed by atoms with Crippen LogP contribution >= 0.6 is 23.1 Å². The number of aromatic nitrogens is 4. The molecule has 1 saturated heterocycles. The average Bonchev–Trinajstić information content (AvgIpc) is 3.60. The van der Waals surface area contributed by atoms with Gasteiger partial charge in [-0.2, -0.15) is 0 Å². The molecule has 2 aliphatic rings. The fourth-order valence-corrected chi connectivity index (χ4v) is 6.18. The molecule has 2 aliphatic heterocycles. The van der Waals surface area contributed by atoms with Gasteiger partial charge in [0.15, 0.2) is 5.16 Å². The third-order valence-corrected chi connectivity index (χ3v) is 8.00. The molecule has 6 rings (SSSR count). The van der Waals surface area contributed by atoms with Gasteiger partial charge in [0.2, 0.25) is 11.7 Å². The molecular formula is C23H23N5O4S2. The minimum absolute atomic E-state index is 0.00172. The summed E-state index contributed by atoms with van der Waals surface area (Å²) in [4.78, 5) is 28.1. The van der Waals surface area contributed by atoms with Crippen LogP contribution in [0.4, 0.5) is 5.69 Å². The predicted octanol–water partition coefficient (Wildman–Crippen LogP) is 3.11. The Balaban J connectivity index is 1.31. The van der Waals surface area contributed by atoms with Crippen molar-refractivity contribution in [3.8, 4) is 5.75 Å². The minimum Gasteiger partial charge on any atom is -0.490 e. The van der Waals surface area contributed by atoms with Crippen molar-refractivity contribution in [2.24, 2.45) is 0 Å². The second kappa shape index (κ2) is 8.71. The van der Waals surface area contributed by atoms with Crippen molar-refractivity contribution in [1.82, 2.24) is 19.2 Å². The summed E-state index contributed by atoms with van der Waals surface area (Å²) in [5, 5.41) is 11.2. The van der Waals surface area contributed by atoms with E-state index in [2.05, 4.69) is 10.2 Å². The van der Waals surface area contributed by atoms with Gasteiger partial charge in [0, 0.05) is 6.61 Å². The first-order chi connectivity index (χ1) is 16.6. The predicted molar refractivity (Wildman–Crippen MR) is 131 cm³/mol. The molecule has 0 saturated carbocycles. The third kappa shape index (κ3) is 3.68. The summed E-state index contributed by atoms with van der Waals surface area (Å²) in [7, 11) is 0. The molecule has 176 valence electrons. The summed E-state index contributed by atoms with van der Waals surface area (Å²) in [6.07, 6.45) is 1.92. The first-order valence-electron chi connectivity index (χ1n) is 11.2. The number of nitrogens with zero attached hydrogens (tertiary/aromatic N) is 5. The molecule has 11 heteroatoms. The standard InChI is InChI=1S/C23H23N5O4S2/c1-14-4-5-18-17(11-14)26(7-9-32-18)19(29)13-34-23-25-24-22-27(12-15-3-2-8-31-15)21(30)20-16(28(22)23)6-10-33-20/h4-6,10-11,15H,2-3,7-9,12-13H2,1H3/t15-/m1/s1. The maximum Gasteiger partial charge on any atom is 0.272 e. The molecule has 0 radical (unpaired) electrons. The summed E-state index contributed by atoms with van der Waals surface area (Å²) < 4.78 is 15.7. The Hall–Kier alpha value is -2.89. The van der Waals surface area contributed by atoms with Gasteiger partial charge in [-0.3, -0.25) is 18.6 Å². The molecule has 1 amide bonds. The number of thioether (sulfide) groups is 1. The van der Waals surface area contributed by atoms with E-state index >= 15 is 0 Å². The molecule has 4 aromatic rings. The van der Waals surface area contributed by atoms with Crippen molar-refractivity contribution >= 4 is 50.7 Å². The van der Waals surface area contributed by atoms with Gasteiger partial charge in [0.25, 0.3) is 5.56 Å². The van der Waals surface area contributed by atoms with Crippen molar-refractivity contribution < 1.29 is 14.3 Å². The van der Waals surface area contributed by atoms with Crippen LogP contribution in [0.25, 0.3) is 16.0 Å². The van der Waals surface area contributed by atoms with Gasteiger partial charge in [0.1, 0.15) is 17.1 Å². The summed E-state index contributed by atoms with van der Waals surface area (Å²) in [5.41, 5.74) is 2.56. The van der Waals surface area contributed by atoms with Gasteiger partial charge in [-0.1, -0.05) is 17.8 Å². The van der Waals surface area contributed by atoms with Crippen molar-refractivity contribution in [2.45, 2.75) is 37.6 Å². The zero-order valence-electron chi connectivity index (χ0n) is 18.6. The Morgan fingerprint density at radius 2 is 2.18 bits per heavy atom. The molecule has 1 atom stereocenters. The largest absolute Gasteiger partial charge is 0.490 e. The molecule has 34 heavy (non-hydrogen) atoms. The molecule has 3 aromatic heterocycles. The van der Waals surface area contributed by atoms with E-state index in [4.69, 9.17) is 9.47 Å². The van der Waals surface area contributed by atoms with Crippen LogP contribution in [0.2, 0.25) is 0 Å². The van der Waals surface area contributed by atoms with Crippen molar-refractivity contribution in [1.29, 1.82) is 0 Å². The van der Waals surface area contributed by atoms with Crippen LogP contribution in [0.1, 0.15) is 18.4 Å². The molecule has 0 N–H and O–H groups in total. The first-order valence-corrected chi connectivity index (χ1v) is 13.1.